The van der Waals surface area contributed by atoms with Gasteiger partial charge in [-0.1, -0.05) is 26.8 Å². The molecular weight excluding hydrogens is 781 g/mol. The molecule has 1 unspecified atom stereocenters. The lowest BCUT2D eigenvalue weighted by atomic mass is 9.84. The number of carbonyl (C=O) groups is 3. The van der Waals surface area contributed by atoms with E-state index < -0.39 is 29.6 Å². The Kier molecular flexibility index (Phi) is 12.0. The smallest absolute Gasteiger partial charge is 0.324 e. The van der Waals surface area contributed by atoms with E-state index in [0.717, 1.165) is 51.2 Å². The lowest BCUT2D eigenvalue weighted by molar-refractivity contribution is -0.156. The van der Waals surface area contributed by atoms with Crippen LogP contribution in [0.5, 0.6) is 0 Å². The van der Waals surface area contributed by atoms with Crippen LogP contribution >= 0.6 is 11.8 Å². The number of nitrogens with zero attached hydrogens (tertiary/aromatic N) is 6. The molecule has 3 aliphatic heterocycles. The first-order chi connectivity index (χ1) is 28.8. The highest BCUT2D eigenvalue weighted by Gasteiger charge is 2.55. The summed E-state index contributed by atoms with van der Waals surface area (Å²) in [5.41, 5.74) is 9.78. The van der Waals surface area contributed by atoms with E-state index in [1.165, 1.54) is 5.01 Å². The predicted octanol–water partition coefficient (Wildman–Crippen LogP) is 5.91. The van der Waals surface area contributed by atoms with E-state index in [1.807, 2.05) is 50.8 Å². The van der Waals surface area contributed by atoms with Gasteiger partial charge in [0.1, 0.15) is 23.2 Å². The molecule has 14 nitrogen and oxygen atoms in total. The summed E-state index contributed by atoms with van der Waals surface area (Å²) in [6.45, 7) is 13.9. The van der Waals surface area contributed by atoms with Gasteiger partial charge in [0, 0.05) is 85.7 Å². The van der Waals surface area contributed by atoms with E-state index in [-0.39, 0.29) is 48.3 Å². The topological polar surface area (TPSA) is 154 Å². The Morgan fingerprint density at radius 3 is 2.73 bits per heavy atom. The van der Waals surface area contributed by atoms with Crippen LogP contribution in [0.1, 0.15) is 95.0 Å². The third kappa shape index (κ3) is 8.01. The lowest BCUT2D eigenvalue weighted by Crippen LogP contribution is -2.63. The summed E-state index contributed by atoms with van der Waals surface area (Å²) in [5.74, 6) is -0.745. The second kappa shape index (κ2) is 17.1. The minimum absolute atomic E-state index is 0.0508. The summed E-state index contributed by atoms with van der Waals surface area (Å²) in [7, 11) is 3.61. The number of nitrogens with one attached hydrogen (secondary N) is 2. The molecule has 8 atom stereocenters. The van der Waals surface area contributed by atoms with E-state index in [0.29, 0.717) is 43.2 Å². The van der Waals surface area contributed by atoms with Crippen molar-refractivity contribution >= 4 is 45.5 Å². The quantitative estimate of drug-likeness (QED) is 0.195. The number of amides is 2. The molecule has 0 spiro atoms. The van der Waals surface area contributed by atoms with Gasteiger partial charge in [0.15, 0.2) is 0 Å². The van der Waals surface area contributed by atoms with E-state index >= 15 is 0 Å². The molecular formula is C45H58N8O6S. The highest BCUT2D eigenvalue weighted by molar-refractivity contribution is 8.14. The van der Waals surface area contributed by atoms with E-state index in [1.54, 1.807) is 25.2 Å². The van der Waals surface area contributed by atoms with Gasteiger partial charge in [0.2, 0.25) is 5.91 Å². The van der Waals surface area contributed by atoms with Crippen LogP contribution in [0.25, 0.3) is 22.2 Å². The van der Waals surface area contributed by atoms with Crippen LogP contribution < -0.4 is 10.7 Å². The maximum absolute atomic E-state index is 14.8. The summed E-state index contributed by atoms with van der Waals surface area (Å²) in [6, 6.07) is 8.62. The minimum atomic E-state index is -1.10. The van der Waals surface area contributed by atoms with Crippen molar-refractivity contribution in [1.82, 2.24) is 34.9 Å². The largest absolute Gasteiger partial charge is 0.464 e. The Labute approximate surface area is 356 Å². The van der Waals surface area contributed by atoms with Gasteiger partial charge in [0.05, 0.1) is 42.2 Å². The first kappa shape index (κ1) is 42.1. The standard InChI is InChI=1S/C45H58N8O6S/c1-9-52-34-16-15-27-19-29(34)30(39(52)28-13-11-17-46-37(28)26(4)57-8)20-45(5,6)23-59-44(56)31-14-12-18-53(50-31)43(55)38(40(58-10-2)42-48-33(27)22-60-42)49-41(54)36-25(3)35(36)32-21-51(7)24-47-32/h11,13,15-17,19,21,24-26,31,33,35-36,38,40,50H,9-10,12,14,18,20,22-23H2,1-8H3,(H,49,54)/t25-,26-,31-,33?,35-,36+,38-,40-/m0/s1. The number of fused-ring (bicyclic) bond motifs is 5. The normalized spacial score (nSPS) is 27.3. The highest BCUT2D eigenvalue weighted by atomic mass is 32.2. The number of aliphatic imine (C=N–C) groups is 1. The maximum Gasteiger partial charge on any atom is 0.324 e. The van der Waals surface area contributed by atoms with Crippen molar-refractivity contribution in [1.29, 1.82) is 0 Å². The first-order valence-electron chi connectivity index (χ1n) is 21.3. The number of carbonyl (C=O) groups excluding carboxylic acids is 3. The number of pyridine rings is 1. The summed E-state index contributed by atoms with van der Waals surface area (Å²) in [5, 5.41) is 6.37. The number of aromatic nitrogens is 4. The second-order valence-electron chi connectivity index (χ2n) is 17.5. The second-order valence-corrected chi connectivity index (χ2v) is 18.5. The summed E-state index contributed by atoms with van der Waals surface area (Å²) >= 11 is 1.56. The van der Waals surface area contributed by atoms with Crippen molar-refractivity contribution in [2.24, 2.45) is 29.3 Å². The Hall–Kier alpha value is -4.57. The summed E-state index contributed by atoms with van der Waals surface area (Å²) in [6.07, 6.45) is 6.10. The van der Waals surface area contributed by atoms with Crippen molar-refractivity contribution in [3.63, 3.8) is 0 Å². The van der Waals surface area contributed by atoms with Crippen LogP contribution in [-0.4, -0.2) is 97.7 Å². The average molecular weight is 839 g/mol. The molecule has 4 aromatic rings. The van der Waals surface area contributed by atoms with Crippen molar-refractivity contribution in [3.05, 3.63) is 71.6 Å². The monoisotopic (exact) mass is 838 g/mol. The molecule has 6 bridgehead atoms. The predicted molar refractivity (Wildman–Crippen MR) is 231 cm³/mol. The number of hydrazine groups is 1. The number of hydrogen-bond donors (Lipinski definition) is 2. The number of rotatable bonds is 9. The summed E-state index contributed by atoms with van der Waals surface area (Å²) < 4.78 is 22.6. The Morgan fingerprint density at radius 1 is 1.18 bits per heavy atom. The fourth-order valence-corrected chi connectivity index (χ4v) is 10.5. The van der Waals surface area contributed by atoms with Gasteiger partial charge in [0.25, 0.3) is 5.91 Å². The highest BCUT2D eigenvalue weighted by Crippen LogP contribution is 2.53. The van der Waals surface area contributed by atoms with Gasteiger partial charge < -0.3 is 28.7 Å². The molecule has 8 rings (SSSR count). The molecule has 2 amide bonds. The van der Waals surface area contributed by atoms with Crippen molar-refractivity contribution in [3.8, 4) is 11.3 Å². The number of esters is 1. The van der Waals surface area contributed by atoms with Crippen LogP contribution in [0, 0.1) is 17.3 Å². The number of aryl methyl sites for hydroxylation is 2. The lowest BCUT2D eigenvalue weighted by Gasteiger charge is -2.37. The minimum Gasteiger partial charge on any atom is -0.464 e. The number of hydrogen-bond acceptors (Lipinski definition) is 11. The van der Waals surface area contributed by atoms with Gasteiger partial charge in [-0.25, -0.2) is 10.4 Å². The van der Waals surface area contributed by atoms with E-state index in [2.05, 4.69) is 65.3 Å². The van der Waals surface area contributed by atoms with Gasteiger partial charge in [-0.05, 0) is 81.3 Å². The first-order valence-corrected chi connectivity index (χ1v) is 22.3. The number of benzene rings is 1. The van der Waals surface area contributed by atoms with Gasteiger partial charge >= 0.3 is 5.97 Å². The van der Waals surface area contributed by atoms with Gasteiger partial charge in [-0.3, -0.25) is 29.4 Å². The van der Waals surface area contributed by atoms with E-state index in [9.17, 15) is 14.4 Å². The number of methoxy groups -OCH3 is 1. The van der Waals surface area contributed by atoms with Crippen molar-refractivity contribution < 1.29 is 28.6 Å². The molecule has 1 aromatic carbocycles. The Bertz CT molecular complexity index is 2300. The van der Waals surface area contributed by atoms with Crippen molar-refractivity contribution in [2.45, 2.75) is 104 Å². The molecule has 320 valence electrons. The van der Waals surface area contributed by atoms with Gasteiger partial charge in [-0.2, -0.15) is 0 Å². The molecule has 1 saturated heterocycles. The SMILES string of the molecule is CCO[C@@H]1C2=NC(CS2)c2ccc3c(c2)c(c(-c2cccnc2[C@H](C)OC)n3CC)CC(C)(C)COC(=O)[C@@H]2CCCN(N2)C(=O)[C@H]1NC(=O)[C@@H]1[C@@H](C)[C@H]1c1cn(C)cn1. The molecule has 6 heterocycles. The molecule has 1 saturated carbocycles. The zero-order valence-corrected chi connectivity index (χ0v) is 36.8. The van der Waals surface area contributed by atoms with Crippen LogP contribution in [0.4, 0.5) is 0 Å². The average Bonchev–Trinajstić information content (AvgIpc) is 3.59. The number of ether oxygens (including phenoxy) is 3. The fraction of sp³-hybridized carbons (Fsp3) is 0.556. The van der Waals surface area contributed by atoms with Crippen molar-refractivity contribution in [2.75, 3.05) is 32.6 Å². The van der Waals surface area contributed by atoms with Crippen LogP contribution in [0.3, 0.4) is 0 Å². The summed E-state index contributed by atoms with van der Waals surface area (Å²) in [4.78, 5) is 57.5. The molecule has 2 N–H and O–H groups in total. The molecule has 60 heavy (non-hydrogen) atoms. The van der Waals surface area contributed by atoms with Crippen LogP contribution in [-0.2, 0) is 48.6 Å². The van der Waals surface area contributed by atoms with E-state index in [4.69, 9.17) is 24.2 Å². The Morgan fingerprint density at radius 2 is 2.00 bits per heavy atom. The third-order valence-corrected chi connectivity index (χ3v) is 13.7. The molecule has 3 aromatic heterocycles. The molecule has 0 radical (unpaired) electrons. The third-order valence-electron chi connectivity index (χ3n) is 12.6. The number of imidazole rings is 1. The van der Waals surface area contributed by atoms with Crippen LogP contribution in [0.15, 0.2) is 54.0 Å². The maximum atomic E-state index is 14.8. The molecule has 1 aliphatic carbocycles. The molecule has 15 heteroatoms. The zero-order chi connectivity index (χ0) is 42.5. The molecule has 2 fully saturated rings. The number of cyclic esters (lactones) is 1. The van der Waals surface area contributed by atoms with Gasteiger partial charge in [-0.15, -0.1) is 11.8 Å². The fourth-order valence-electron chi connectivity index (χ4n) is 9.35. The number of thioether (sulfide) groups is 1. The molecule has 4 aliphatic rings. The Balaban J connectivity index is 1.23. The zero-order valence-electron chi connectivity index (χ0n) is 35.9. The van der Waals surface area contributed by atoms with Crippen LogP contribution in [0.2, 0.25) is 0 Å².